The highest BCUT2D eigenvalue weighted by Crippen LogP contribution is 2.32. The lowest BCUT2D eigenvalue weighted by Gasteiger charge is -2.33. The molecule has 0 bridgehead atoms. The van der Waals surface area contributed by atoms with Crippen molar-refractivity contribution in [2.75, 3.05) is 37.7 Å². The van der Waals surface area contributed by atoms with Gasteiger partial charge in [0, 0.05) is 38.0 Å². The molecule has 6 nitrogen and oxygen atoms in total. The van der Waals surface area contributed by atoms with E-state index < -0.39 is 21.8 Å². The van der Waals surface area contributed by atoms with Crippen LogP contribution in [0.25, 0.3) is 0 Å². The predicted octanol–water partition coefficient (Wildman–Crippen LogP) is 4.66. The number of alkyl halides is 3. The summed E-state index contributed by atoms with van der Waals surface area (Å²) in [6.45, 7) is 3.72. The van der Waals surface area contributed by atoms with Crippen molar-refractivity contribution < 1.29 is 26.3 Å². The first-order valence-corrected chi connectivity index (χ1v) is 13.1. The van der Waals surface area contributed by atoms with Gasteiger partial charge in [-0.3, -0.25) is 0 Å². The molecule has 2 aromatic carbocycles. The zero-order chi connectivity index (χ0) is 24.3. The molecule has 11 heteroatoms. The third kappa shape index (κ3) is 5.53. The Kier molecular flexibility index (Phi) is 7.15. The number of rotatable bonds is 7. The van der Waals surface area contributed by atoms with Crippen molar-refractivity contribution in [3.8, 4) is 5.75 Å². The van der Waals surface area contributed by atoms with Crippen LogP contribution in [0.5, 0.6) is 5.75 Å². The minimum atomic E-state index is -4.60. The van der Waals surface area contributed by atoms with Gasteiger partial charge in [0.2, 0.25) is 10.0 Å². The van der Waals surface area contributed by atoms with Gasteiger partial charge in [-0.1, -0.05) is 18.2 Å². The fourth-order valence-corrected chi connectivity index (χ4v) is 6.05. The number of piperazine rings is 1. The Morgan fingerprint density at radius 1 is 1.06 bits per heavy atom. The summed E-state index contributed by atoms with van der Waals surface area (Å²) in [5, 5.41) is 2.79. The number of sulfonamides is 1. The summed E-state index contributed by atoms with van der Waals surface area (Å²) in [5.74, 6) is 0.822. The largest absolute Gasteiger partial charge is 0.494 e. The van der Waals surface area contributed by atoms with Crippen LogP contribution >= 0.6 is 11.3 Å². The Bertz CT molecular complexity index is 1220. The first-order valence-electron chi connectivity index (χ1n) is 10.8. The van der Waals surface area contributed by atoms with Gasteiger partial charge in [0.05, 0.1) is 22.8 Å². The first-order chi connectivity index (χ1) is 16.2. The van der Waals surface area contributed by atoms with Gasteiger partial charge in [0.1, 0.15) is 5.75 Å². The Morgan fingerprint density at radius 3 is 2.41 bits per heavy atom. The van der Waals surface area contributed by atoms with E-state index in [1.807, 2.05) is 41.5 Å². The molecule has 2 heterocycles. The van der Waals surface area contributed by atoms with E-state index in [-0.39, 0.29) is 18.0 Å². The number of ether oxygens (including phenoxy) is 1. The van der Waals surface area contributed by atoms with Crippen LogP contribution in [0.15, 0.2) is 58.8 Å². The molecule has 0 aliphatic carbocycles. The van der Waals surface area contributed by atoms with E-state index in [4.69, 9.17) is 9.72 Å². The van der Waals surface area contributed by atoms with E-state index in [2.05, 4.69) is 0 Å². The average molecular weight is 512 g/mol. The summed E-state index contributed by atoms with van der Waals surface area (Å²) in [5.41, 5.74) is 1.05. The van der Waals surface area contributed by atoms with Crippen LogP contribution < -0.4 is 9.64 Å². The van der Waals surface area contributed by atoms with Gasteiger partial charge >= 0.3 is 6.18 Å². The normalized spacial score (nSPS) is 15.5. The lowest BCUT2D eigenvalue weighted by molar-refractivity contribution is -0.137. The number of anilines is 1. The fraction of sp³-hybridized carbons (Fsp3) is 0.348. The van der Waals surface area contributed by atoms with Crippen molar-refractivity contribution in [3.05, 3.63) is 70.7 Å². The van der Waals surface area contributed by atoms with Crippen LogP contribution in [-0.2, 0) is 22.6 Å². The van der Waals surface area contributed by atoms with E-state index in [1.54, 1.807) is 0 Å². The summed E-state index contributed by atoms with van der Waals surface area (Å²) in [6, 6.07) is 11.7. The molecule has 34 heavy (non-hydrogen) atoms. The maximum atomic E-state index is 13.0. The van der Waals surface area contributed by atoms with Gasteiger partial charge in [0.25, 0.3) is 0 Å². The van der Waals surface area contributed by atoms with Gasteiger partial charge in [-0.05, 0) is 42.8 Å². The Hall–Kier alpha value is -2.63. The second-order valence-electron chi connectivity index (χ2n) is 7.79. The maximum absolute atomic E-state index is 13.0. The lowest BCUT2D eigenvalue weighted by atomic mass is 10.1. The SMILES string of the molecule is CCOc1ccc(Cc2csc(N3CCN(S(=O)(=O)c4cccc(C(F)(F)F)c4)CC3)n2)cc1. The Morgan fingerprint density at radius 2 is 1.76 bits per heavy atom. The minimum absolute atomic E-state index is 0.173. The number of aromatic nitrogens is 1. The molecule has 1 fully saturated rings. The van der Waals surface area contributed by atoms with Crippen molar-refractivity contribution in [1.29, 1.82) is 0 Å². The molecule has 0 unspecified atom stereocenters. The van der Waals surface area contributed by atoms with Gasteiger partial charge in [-0.2, -0.15) is 17.5 Å². The third-order valence-corrected chi connectivity index (χ3v) is 8.31. The van der Waals surface area contributed by atoms with Gasteiger partial charge in [-0.25, -0.2) is 13.4 Å². The van der Waals surface area contributed by atoms with Gasteiger partial charge < -0.3 is 9.64 Å². The zero-order valence-electron chi connectivity index (χ0n) is 18.5. The lowest BCUT2D eigenvalue weighted by Crippen LogP contribution is -2.48. The number of hydrogen-bond donors (Lipinski definition) is 0. The molecule has 0 radical (unpaired) electrons. The summed E-state index contributed by atoms with van der Waals surface area (Å²) >= 11 is 1.49. The molecule has 0 amide bonds. The fourth-order valence-electron chi connectivity index (χ4n) is 3.70. The summed E-state index contributed by atoms with van der Waals surface area (Å²) < 4.78 is 71.5. The minimum Gasteiger partial charge on any atom is -0.494 e. The topological polar surface area (TPSA) is 62.7 Å². The summed E-state index contributed by atoms with van der Waals surface area (Å²) in [4.78, 5) is 6.35. The molecule has 0 atom stereocenters. The smallest absolute Gasteiger partial charge is 0.416 e. The second kappa shape index (κ2) is 9.93. The molecule has 1 aliphatic rings. The van der Waals surface area contributed by atoms with Crippen molar-refractivity contribution in [2.45, 2.75) is 24.4 Å². The maximum Gasteiger partial charge on any atom is 0.416 e. The standard InChI is InChI=1S/C23H24F3N3O3S2/c1-2-32-20-8-6-17(7-9-20)14-19-16-33-22(27-19)28-10-12-29(13-11-28)34(30,31)21-5-3-4-18(15-21)23(24,25)26/h3-9,15-16H,2,10-14H2,1H3. The van der Waals surface area contributed by atoms with E-state index in [1.165, 1.54) is 21.7 Å². The quantitative estimate of drug-likeness (QED) is 0.462. The molecule has 1 aromatic heterocycles. The zero-order valence-corrected chi connectivity index (χ0v) is 20.1. The molecule has 0 spiro atoms. The van der Waals surface area contributed by atoms with E-state index >= 15 is 0 Å². The second-order valence-corrected chi connectivity index (χ2v) is 10.6. The van der Waals surface area contributed by atoms with Crippen LogP contribution in [0.4, 0.5) is 18.3 Å². The Labute approximate surface area is 200 Å². The highest BCUT2D eigenvalue weighted by Gasteiger charge is 2.34. The van der Waals surface area contributed by atoms with Crippen molar-refractivity contribution in [2.24, 2.45) is 0 Å². The molecule has 3 aromatic rings. The van der Waals surface area contributed by atoms with Crippen LogP contribution in [-0.4, -0.2) is 50.5 Å². The van der Waals surface area contributed by atoms with Crippen LogP contribution in [0, 0.1) is 0 Å². The molecular weight excluding hydrogens is 487 g/mol. The van der Waals surface area contributed by atoms with Gasteiger partial charge in [-0.15, -0.1) is 11.3 Å². The summed E-state index contributed by atoms with van der Waals surface area (Å²) in [7, 11) is -4.01. The number of halogens is 3. The summed E-state index contributed by atoms with van der Waals surface area (Å²) in [6.07, 6.45) is -3.93. The highest BCUT2D eigenvalue weighted by atomic mass is 32.2. The number of nitrogens with zero attached hydrogens (tertiary/aromatic N) is 3. The average Bonchev–Trinajstić information content (AvgIpc) is 3.29. The first kappa shape index (κ1) is 24.5. The van der Waals surface area contributed by atoms with E-state index in [0.717, 1.165) is 34.3 Å². The third-order valence-electron chi connectivity index (χ3n) is 5.47. The number of benzene rings is 2. The van der Waals surface area contributed by atoms with Crippen molar-refractivity contribution >= 4 is 26.5 Å². The van der Waals surface area contributed by atoms with Crippen LogP contribution in [0.1, 0.15) is 23.7 Å². The van der Waals surface area contributed by atoms with Crippen molar-refractivity contribution in [3.63, 3.8) is 0 Å². The Balaban J connectivity index is 1.38. The number of hydrogen-bond acceptors (Lipinski definition) is 6. The molecule has 1 saturated heterocycles. The van der Waals surface area contributed by atoms with Crippen LogP contribution in [0.2, 0.25) is 0 Å². The molecule has 4 rings (SSSR count). The predicted molar refractivity (Wildman–Crippen MR) is 125 cm³/mol. The molecule has 0 saturated carbocycles. The highest BCUT2D eigenvalue weighted by molar-refractivity contribution is 7.89. The van der Waals surface area contributed by atoms with E-state index in [0.29, 0.717) is 32.2 Å². The number of thiazole rings is 1. The molecule has 182 valence electrons. The monoisotopic (exact) mass is 511 g/mol. The molecular formula is C23H24F3N3O3S2. The van der Waals surface area contributed by atoms with Crippen molar-refractivity contribution in [1.82, 2.24) is 9.29 Å². The van der Waals surface area contributed by atoms with E-state index in [9.17, 15) is 21.6 Å². The van der Waals surface area contributed by atoms with Crippen LogP contribution in [0.3, 0.4) is 0 Å². The van der Waals surface area contributed by atoms with Gasteiger partial charge in [0.15, 0.2) is 5.13 Å². The molecule has 0 N–H and O–H groups in total. The molecule has 1 aliphatic heterocycles.